The highest BCUT2D eigenvalue weighted by Crippen LogP contribution is 2.18. The zero-order chi connectivity index (χ0) is 16.7. The summed E-state index contributed by atoms with van der Waals surface area (Å²) in [6.45, 7) is 4.52. The number of piperidine rings is 1. The Morgan fingerprint density at radius 2 is 2.04 bits per heavy atom. The molecule has 5 nitrogen and oxygen atoms in total. The SMILES string of the molecule is CCNC(=NCc1ccccc1F)N1CCC(C(=O)OC)CC1.I. The molecule has 24 heavy (non-hydrogen) atoms. The van der Waals surface area contributed by atoms with Gasteiger partial charge in [-0.15, -0.1) is 24.0 Å². The lowest BCUT2D eigenvalue weighted by Gasteiger charge is -2.33. The Bertz CT molecular complexity index is 561. The van der Waals surface area contributed by atoms with Gasteiger partial charge in [0, 0.05) is 25.2 Å². The molecule has 0 aromatic heterocycles. The van der Waals surface area contributed by atoms with E-state index in [1.165, 1.54) is 13.2 Å². The molecule has 0 atom stereocenters. The zero-order valence-corrected chi connectivity index (χ0v) is 16.5. The number of nitrogens with zero attached hydrogens (tertiary/aromatic N) is 2. The molecule has 0 saturated carbocycles. The monoisotopic (exact) mass is 449 g/mol. The molecule has 1 aliphatic rings. The molecule has 0 aliphatic carbocycles. The van der Waals surface area contributed by atoms with Crippen molar-refractivity contribution in [2.45, 2.75) is 26.3 Å². The number of rotatable bonds is 4. The van der Waals surface area contributed by atoms with Crippen LogP contribution < -0.4 is 5.32 Å². The van der Waals surface area contributed by atoms with Gasteiger partial charge in [-0.2, -0.15) is 0 Å². The molecule has 0 bridgehead atoms. The van der Waals surface area contributed by atoms with Gasteiger partial charge in [0.1, 0.15) is 5.82 Å². The molecule has 2 rings (SSSR count). The van der Waals surface area contributed by atoms with Crippen molar-refractivity contribution in [1.82, 2.24) is 10.2 Å². The van der Waals surface area contributed by atoms with Crippen LogP contribution in [0.1, 0.15) is 25.3 Å². The van der Waals surface area contributed by atoms with E-state index < -0.39 is 0 Å². The summed E-state index contributed by atoms with van der Waals surface area (Å²) in [6.07, 6.45) is 1.49. The van der Waals surface area contributed by atoms with Gasteiger partial charge in [0.15, 0.2) is 5.96 Å². The Labute approximate surface area is 159 Å². The van der Waals surface area contributed by atoms with Gasteiger partial charge in [-0.1, -0.05) is 18.2 Å². The molecule has 0 amide bonds. The Morgan fingerprint density at radius 1 is 1.38 bits per heavy atom. The maximum absolute atomic E-state index is 13.7. The Kier molecular flexibility index (Phi) is 9.02. The minimum Gasteiger partial charge on any atom is -0.469 e. The maximum Gasteiger partial charge on any atom is 0.308 e. The van der Waals surface area contributed by atoms with Crippen molar-refractivity contribution in [3.63, 3.8) is 0 Å². The largest absolute Gasteiger partial charge is 0.469 e. The van der Waals surface area contributed by atoms with Crippen molar-refractivity contribution in [1.29, 1.82) is 0 Å². The Hall–Kier alpha value is -1.38. The molecule has 0 unspecified atom stereocenters. The molecular formula is C17H25FIN3O2. The second-order valence-corrected chi connectivity index (χ2v) is 5.55. The molecule has 1 heterocycles. The molecule has 1 saturated heterocycles. The second kappa shape index (κ2) is 10.5. The molecule has 1 aliphatic heterocycles. The van der Waals surface area contributed by atoms with E-state index in [-0.39, 0.29) is 41.7 Å². The molecule has 0 spiro atoms. The van der Waals surface area contributed by atoms with E-state index >= 15 is 0 Å². The quantitative estimate of drug-likeness (QED) is 0.333. The number of aliphatic imine (C=N–C) groups is 1. The molecular weight excluding hydrogens is 424 g/mol. The van der Waals surface area contributed by atoms with Crippen molar-refractivity contribution in [3.8, 4) is 0 Å². The Balaban J connectivity index is 0.00000288. The lowest BCUT2D eigenvalue weighted by atomic mass is 9.97. The fraction of sp³-hybridized carbons (Fsp3) is 0.529. The van der Waals surface area contributed by atoms with E-state index in [2.05, 4.69) is 15.2 Å². The van der Waals surface area contributed by atoms with Crippen LogP contribution in [-0.4, -0.2) is 43.6 Å². The van der Waals surface area contributed by atoms with Crippen molar-refractivity contribution in [2.75, 3.05) is 26.7 Å². The standard InChI is InChI=1S/C17H24FN3O2.HI/c1-3-19-17(20-12-14-6-4-5-7-15(14)18)21-10-8-13(9-11-21)16(22)23-2;/h4-7,13H,3,8-12H2,1-2H3,(H,19,20);1H. The van der Waals surface area contributed by atoms with Crippen molar-refractivity contribution in [3.05, 3.63) is 35.6 Å². The van der Waals surface area contributed by atoms with Crippen LogP contribution in [0.3, 0.4) is 0 Å². The topological polar surface area (TPSA) is 53.9 Å². The molecule has 134 valence electrons. The van der Waals surface area contributed by atoms with Gasteiger partial charge in [0.25, 0.3) is 0 Å². The first-order chi connectivity index (χ1) is 11.2. The number of halogens is 2. The lowest BCUT2D eigenvalue weighted by molar-refractivity contribution is -0.146. The number of likely N-dealkylation sites (tertiary alicyclic amines) is 1. The molecule has 0 radical (unpaired) electrons. The fourth-order valence-electron chi connectivity index (χ4n) is 2.71. The maximum atomic E-state index is 13.7. The lowest BCUT2D eigenvalue weighted by Crippen LogP contribution is -2.46. The van der Waals surface area contributed by atoms with Crippen LogP contribution in [0.25, 0.3) is 0 Å². The van der Waals surface area contributed by atoms with Crippen LogP contribution in [0, 0.1) is 11.7 Å². The van der Waals surface area contributed by atoms with Gasteiger partial charge in [-0.25, -0.2) is 9.38 Å². The number of nitrogens with one attached hydrogen (secondary N) is 1. The number of methoxy groups -OCH3 is 1. The van der Waals surface area contributed by atoms with E-state index in [0.717, 1.165) is 38.4 Å². The summed E-state index contributed by atoms with van der Waals surface area (Å²) in [5.41, 5.74) is 0.576. The van der Waals surface area contributed by atoms with Crippen molar-refractivity contribution < 1.29 is 13.9 Å². The van der Waals surface area contributed by atoms with Crippen molar-refractivity contribution >= 4 is 35.9 Å². The number of benzene rings is 1. The minimum absolute atomic E-state index is 0. The Morgan fingerprint density at radius 3 is 2.62 bits per heavy atom. The molecule has 7 heteroatoms. The number of carbonyl (C=O) groups excluding carboxylic acids is 1. The van der Waals surface area contributed by atoms with E-state index in [4.69, 9.17) is 4.74 Å². The first kappa shape index (κ1) is 20.7. The summed E-state index contributed by atoms with van der Waals surface area (Å²) in [5.74, 6) is 0.346. The van der Waals surface area contributed by atoms with E-state index in [0.29, 0.717) is 12.1 Å². The number of ether oxygens (including phenoxy) is 1. The van der Waals surface area contributed by atoms with Crippen LogP contribution >= 0.6 is 24.0 Å². The highest BCUT2D eigenvalue weighted by Gasteiger charge is 2.26. The summed E-state index contributed by atoms with van der Waals surface area (Å²) in [4.78, 5) is 18.2. The predicted octanol–water partition coefficient (Wildman–Crippen LogP) is 2.79. The van der Waals surface area contributed by atoms with Crippen LogP contribution in [0.4, 0.5) is 4.39 Å². The summed E-state index contributed by atoms with van der Waals surface area (Å²) >= 11 is 0. The van der Waals surface area contributed by atoms with E-state index in [1.807, 2.05) is 13.0 Å². The smallest absolute Gasteiger partial charge is 0.308 e. The molecule has 1 aromatic rings. The van der Waals surface area contributed by atoms with Crippen LogP contribution in [0.5, 0.6) is 0 Å². The van der Waals surface area contributed by atoms with Gasteiger partial charge in [-0.05, 0) is 25.8 Å². The highest BCUT2D eigenvalue weighted by molar-refractivity contribution is 14.0. The number of hydrogen-bond acceptors (Lipinski definition) is 3. The number of carbonyl (C=O) groups is 1. The third-order valence-electron chi connectivity index (χ3n) is 4.02. The number of hydrogen-bond donors (Lipinski definition) is 1. The first-order valence-corrected chi connectivity index (χ1v) is 8.00. The fourth-order valence-corrected chi connectivity index (χ4v) is 2.71. The van der Waals surface area contributed by atoms with E-state index in [1.54, 1.807) is 12.1 Å². The second-order valence-electron chi connectivity index (χ2n) is 5.55. The number of guanidine groups is 1. The third-order valence-corrected chi connectivity index (χ3v) is 4.02. The summed E-state index contributed by atoms with van der Waals surface area (Å²) in [7, 11) is 1.43. The van der Waals surface area contributed by atoms with Crippen LogP contribution in [-0.2, 0) is 16.1 Å². The average molecular weight is 449 g/mol. The van der Waals surface area contributed by atoms with Gasteiger partial charge in [0.2, 0.25) is 0 Å². The van der Waals surface area contributed by atoms with E-state index in [9.17, 15) is 9.18 Å². The summed E-state index contributed by atoms with van der Waals surface area (Å²) in [5, 5.41) is 3.24. The summed E-state index contributed by atoms with van der Waals surface area (Å²) in [6, 6.07) is 6.67. The first-order valence-electron chi connectivity index (χ1n) is 8.00. The van der Waals surface area contributed by atoms with Crippen LogP contribution in [0.15, 0.2) is 29.3 Å². The van der Waals surface area contributed by atoms with Crippen LogP contribution in [0.2, 0.25) is 0 Å². The predicted molar refractivity (Wildman–Crippen MR) is 103 cm³/mol. The van der Waals surface area contributed by atoms with Gasteiger partial charge in [0.05, 0.1) is 19.6 Å². The highest BCUT2D eigenvalue weighted by atomic mass is 127. The molecule has 1 N–H and O–H groups in total. The summed E-state index contributed by atoms with van der Waals surface area (Å²) < 4.78 is 18.5. The third kappa shape index (κ3) is 5.61. The van der Waals surface area contributed by atoms with Crippen molar-refractivity contribution in [2.24, 2.45) is 10.9 Å². The molecule has 1 aromatic carbocycles. The van der Waals surface area contributed by atoms with Gasteiger partial charge in [-0.3, -0.25) is 4.79 Å². The average Bonchev–Trinajstić information content (AvgIpc) is 2.59. The zero-order valence-electron chi connectivity index (χ0n) is 14.1. The minimum atomic E-state index is -0.239. The van der Waals surface area contributed by atoms with Gasteiger partial charge < -0.3 is 15.0 Å². The molecule has 1 fully saturated rings. The van der Waals surface area contributed by atoms with Gasteiger partial charge >= 0.3 is 5.97 Å². The normalized spacial score (nSPS) is 15.6. The number of esters is 1.